The van der Waals surface area contributed by atoms with Gasteiger partial charge >= 0.3 is 0 Å². The van der Waals surface area contributed by atoms with Crippen molar-refractivity contribution >= 4 is 0 Å². The molecule has 0 saturated carbocycles. The van der Waals surface area contributed by atoms with Gasteiger partial charge in [-0.2, -0.15) is 0 Å². The lowest BCUT2D eigenvalue weighted by atomic mass is 10.1. The Balaban J connectivity index is 1.96. The van der Waals surface area contributed by atoms with Crippen LogP contribution in [0, 0.1) is 6.92 Å². The number of ether oxygens (including phenoxy) is 1. The minimum absolute atomic E-state index is 0.364. The van der Waals surface area contributed by atoms with E-state index in [-0.39, 0.29) is 0 Å². The third kappa shape index (κ3) is 2.05. The summed E-state index contributed by atoms with van der Waals surface area (Å²) in [5.41, 5.74) is 2.13. The van der Waals surface area contributed by atoms with Crippen LogP contribution in [0.15, 0.2) is 18.2 Å². The van der Waals surface area contributed by atoms with Gasteiger partial charge < -0.3 is 15.2 Å². The molecule has 2 N–H and O–H groups in total. The first-order chi connectivity index (χ1) is 6.75. The van der Waals surface area contributed by atoms with Crippen LogP contribution in [0.25, 0.3) is 0 Å². The number of phenols is 1. The third-order valence-corrected chi connectivity index (χ3v) is 2.45. The highest BCUT2D eigenvalue weighted by molar-refractivity contribution is 5.35. The van der Waals surface area contributed by atoms with Gasteiger partial charge in [-0.1, -0.05) is 17.7 Å². The zero-order valence-corrected chi connectivity index (χ0v) is 8.29. The van der Waals surface area contributed by atoms with Crippen LogP contribution in [-0.4, -0.2) is 24.4 Å². The Morgan fingerprint density at radius 3 is 2.93 bits per heavy atom. The molecule has 3 nitrogen and oxygen atoms in total. The largest absolute Gasteiger partial charge is 0.508 e. The minimum Gasteiger partial charge on any atom is -0.508 e. The summed E-state index contributed by atoms with van der Waals surface area (Å²) in [7, 11) is 0. The van der Waals surface area contributed by atoms with Gasteiger partial charge in [0, 0.05) is 12.1 Å². The zero-order chi connectivity index (χ0) is 9.97. The molecule has 0 radical (unpaired) electrons. The van der Waals surface area contributed by atoms with Gasteiger partial charge in [0.2, 0.25) is 0 Å². The SMILES string of the molecule is Cc1ccc(O)c(CNC2COC2)c1. The first kappa shape index (κ1) is 9.49. The smallest absolute Gasteiger partial charge is 0.120 e. The van der Waals surface area contributed by atoms with Crippen LogP contribution in [0.5, 0.6) is 5.75 Å². The van der Waals surface area contributed by atoms with Gasteiger partial charge in [0.1, 0.15) is 5.75 Å². The molecular formula is C11H15NO2. The van der Waals surface area contributed by atoms with Gasteiger partial charge in [0.05, 0.1) is 19.3 Å². The molecule has 76 valence electrons. The fourth-order valence-corrected chi connectivity index (χ4v) is 1.46. The van der Waals surface area contributed by atoms with E-state index in [0.29, 0.717) is 18.3 Å². The molecular weight excluding hydrogens is 178 g/mol. The van der Waals surface area contributed by atoms with Crippen LogP contribution >= 0.6 is 0 Å². The Morgan fingerprint density at radius 2 is 2.29 bits per heavy atom. The van der Waals surface area contributed by atoms with Crippen molar-refractivity contribution in [2.45, 2.75) is 19.5 Å². The van der Waals surface area contributed by atoms with E-state index in [9.17, 15) is 5.11 Å². The summed E-state index contributed by atoms with van der Waals surface area (Å²) in [5, 5.41) is 12.9. The molecule has 0 aliphatic carbocycles. The summed E-state index contributed by atoms with van der Waals surface area (Å²) in [6.07, 6.45) is 0. The molecule has 0 spiro atoms. The molecule has 14 heavy (non-hydrogen) atoms. The lowest BCUT2D eigenvalue weighted by Crippen LogP contribution is -2.45. The van der Waals surface area contributed by atoms with Crippen LogP contribution in [-0.2, 0) is 11.3 Å². The van der Waals surface area contributed by atoms with E-state index in [1.807, 2.05) is 19.1 Å². The zero-order valence-electron chi connectivity index (χ0n) is 8.29. The molecule has 0 amide bonds. The maximum Gasteiger partial charge on any atom is 0.120 e. The van der Waals surface area contributed by atoms with Crippen molar-refractivity contribution in [2.24, 2.45) is 0 Å². The Kier molecular flexibility index (Phi) is 2.70. The average Bonchev–Trinajstić information content (AvgIpc) is 2.08. The van der Waals surface area contributed by atoms with Gasteiger partial charge in [0.25, 0.3) is 0 Å². The fourth-order valence-electron chi connectivity index (χ4n) is 1.46. The molecule has 1 aliphatic rings. The van der Waals surface area contributed by atoms with Crippen LogP contribution in [0.4, 0.5) is 0 Å². The summed E-state index contributed by atoms with van der Waals surface area (Å²) < 4.78 is 5.05. The molecule has 1 aliphatic heterocycles. The molecule has 0 unspecified atom stereocenters. The number of hydrogen-bond donors (Lipinski definition) is 2. The second-order valence-corrected chi connectivity index (χ2v) is 3.75. The standard InChI is InChI=1S/C11H15NO2/c1-8-2-3-11(13)9(4-8)5-12-10-6-14-7-10/h2-4,10,12-13H,5-7H2,1H3. The number of aromatic hydroxyl groups is 1. The average molecular weight is 193 g/mol. The predicted octanol–water partition coefficient (Wildman–Crippen LogP) is 1.19. The van der Waals surface area contributed by atoms with E-state index in [2.05, 4.69) is 5.32 Å². The van der Waals surface area contributed by atoms with E-state index in [1.54, 1.807) is 6.07 Å². The quantitative estimate of drug-likeness (QED) is 0.757. The molecule has 1 heterocycles. The van der Waals surface area contributed by atoms with Gasteiger partial charge in [-0.25, -0.2) is 0 Å². The number of nitrogens with one attached hydrogen (secondary N) is 1. The first-order valence-corrected chi connectivity index (χ1v) is 4.85. The maximum absolute atomic E-state index is 9.57. The van der Waals surface area contributed by atoms with Crippen LogP contribution in [0.2, 0.25) is 0 Å². The molecule has 3 heteroatoms. The normalized spacial score (nSPS) is 16.6. The van der Waals surface area contributed by atoms with E-state index in [0.717, 1.165) is 18.8 Å². The Morgan fingerprint density at radius 1 is 1.50 bits per heavy atom. The van der Waals surface area contributed by atoms with E-state index in [4.69, 9.17) is 4.74 Å². The number of benzene rings is 1. The fraction of sp³-hybridized carbons (Fsp3) is 0.455. The Labute approximate surface area is 83.7 Å². The minimum atomic E-state index is 0.364. The molecule has 2 rings (SSSR count). The van der Waals surface area contributed by atoms with Crippen molar-refractivity contribution < 1.29 is 9.84 Å². The number of phenolic OH excluding ortho intramolecular Hbond substituents is 1. The summed E-state index contributed by atoms with van der Waals surface area (Å²) in [6.45, 7) is 4.30. The van der Waals surface area contributed by atoms with E-state index in [1.165, 1.54) is 5.56 Å². The van der Waals surface area contributed by atoms with Crippen molar-refractivity contribution in [2.75, 3.05) is 13.2 Å². The first-order valence-electron chi connectivity index (χ1n) is 4.85. The highest BCUT2D eigenvalue weighted by atomic mass is 16.5. The molecule has 1 aromatic carbocycles. The lowest BCUT2D eigenvalue weighted by Gasteiger charge is -2.27. The Bertz CT molecular complexity index is 321. The summed E-state index contributed by atoms with van der Waals surface area (Å²) in [5.74, 6) is 0.364. The summed E-state index contributed by atoms with van der Waals surface area (Å²) >= 11 is 0. The van der Waals surface area contributed by atoms with E-state index < -0.39 is 0 Å². The molecule has 1 fully saturated rings. The molecule has 1 saturated heterocycles. The van der Waals surface area contributed by atoms with Crippen LogP contribution in [0.1, 0.15) is 11.1 Å². The second-order valence-electron chi connectivity index (χ2n) is 3.75. The lowest BCUT2D eigenvalue weighted by molar-refractivity contribution is -0.00585. The Hall–Kier alpha value is -1.06. The van der Waals surface area contributed by atoms with Crippen LogP contribution in [0.3, 0.4) is 0 Å². The molecule has 0 bridgehead atoms. The van der Waals surface area contributed by atoms with Crippen molar-refractivity contribution in [3.63, 3.8) is 0 Å². The van der Waals surface area contributed by atoms with Gasteiger partial charge in [-0.15, -0.1) is 0 Å². The van der Waals surface area contributed by atoms with Gasteiger partial charge in [0.15, 0.2) is 0 Å². The van der Waals surface area contributed by atoms with Crippen molar-refractivity contribution in [1.29, 1.82) is 0 Å². The summed E-state index contributed by atoms with van der Waals surface area (Å²) in [4.78, 5) is 0. The highest BCUT2D eigenvalue weighted by Gasteiger charge is 2.17. The predicted molar refractivity (Wildman–Crippen MR) is 54.3 cm³/mol. The number of hydrogen-bond acceptors (Lipinski definition) is 3. The molecule has 0 atom stereocenters. The highest BCUT2D eigenvalue weighted by Crippen LogP contribution is 2.18. The van der Waals surface area contributed by atoms with Crippen molar-refractivity contribution in [3.05, 3.63) is 29.3 Å². The molecule has 0 aromatic heterocycles. The van der Waals surface area contributed by atoms with Gasteiger partial charge in [-0.05, 0) is 13.0 Å². The number of rotatable bonds is 3. The van der Waals surface area contributed by atoms with Gasteiger partial charge in [-0.3, -0.25) is 0 Å². The summed E-state index contributed by atoms with van der Waals surface area (Å²) in [6, 6.07) is 6.10. The monoisotopic (exact) mass is 193 g/mol. The second kappa shape index (κ2) is 3.98. The molecule has 1 aromatic rings. The maximum atomic E-state index is 9.57. The van der Waals surface area contributed by atoms with Crippen molar-refractivity contribution in [1.82, 2.24) is 5.32 Å². The number of aryl methyl sites for hydroxylation is 1. The van der Waals surface area contributed by atoms with Crippen LogP contribution < -0.4 is 5.32 Å². The third-order valence-electron chi connectivity index (χ3n) is 2.45. The topological polar surface area (TPSA) is 41.5 Å². The van der Waals surface area contributed by atoms with Crippen molar-refractivity contribution in [3.8, 4) is 5.75 Å². The van der Waals surface area contributed by atoms with E-state index >= 15 is 0 Å².